The van der Waals surface area contributed by atoms with Crippen LogP contribution in [0.2, 0.25) is 0 Å². The molecule has 0 amide bonds. The molecule has 0 aromatic heterocycles. The Bertz CT molecular complexity index is 115. The van der Waals surface area contributed by atoms with E-state index in [2.05, 4.69) is 11.6 Å². The number of nitrogens with one attached hydrogen (secondary N) is 1. The first-order chi connectivity index (χ1) is 3.39. The summed E-state index contributed by atoms with van der Waals surface area (Å²) in [5.74, 6) is 0. The minimum atomic E-state index is 0.965. The Morgan fingerprint density at radius 2 is 2.57 bits per heavy atom. The quantitative estimate of drug-likeness (QED) is 0.476. The van der Waals surface area contributed by atoms with E-state index in [1.165, 1.54) is 0 Å². The van der Waals surface area contributed by atoms with E-state index < -0.39 is 0 Å². The van der Waals surface area contributed by atoms with Gasteiger partial charge in [0.1, 0.15) is 0 Å². The third-order valence-corrected chi connectivity index (χ3v) is 1.31. The van der Waals surface area contributed by atoms with Crippen molar-refractivity contribution in [3.63, 3.8) is 0 Å². The zero-order valence-electron chi connectivity index (χ0n) is 3.85. The van der Waals surface area contributed by atoms with Crippen LogP contribution in [-0.2, 0) is 0 Å². The highest BCUT2D eigenvalue weighted by atomic mass is 32.2. The molecule has 2 heteroatoms. The lowest BCUT2D eigenvalue weighted by Crippen LogP contribution is -1.98. The number of rotatable bonds is 0. The van der Waals surface area contributed by atoms with E-state index in [0.717, 1.165) is 5.70 Å². The first-order valence-electron chi connectivity index (χ1n) is 2.00. The predicted molar refractivity (Wildman–Crippen MR) is 33.3 cm³/mol. The van der Waals surface area contributed by atoms with Crippen molar-refractivity contribution in [1.29, 1.82) is 0 Å². The number of allylic oxidation sites excluding steroid dienone is 3. The Labute approximate surface area is 47.6 Å². The smallest absolute Gasteiger partial charge is 0.0218 e. The molecule has 0 unspecified atom stereocenters. The van der Waals surface area contributed by atoms with E-state index in [0.29, 0.717) is 0 Å². The normalized spacial score (nSPS) is 18.1. The molecule has 0 aromatic carbocycles. The zero-order valence-corrected chi connectivity index (χ0v) is 4.66. The highest BCUT2D eigenvalue weighted by Crippen LogP contribution is 2.05. The van der Waals surface area contributed by atoms with Crippen LogP contribution in [0.4, 0.5) is 0 Å². The minimum Gasteiger partial charge on any atom is -0.330 e. The fraction of sp³-hybridized carbons (Fsp3) is 0. The summed E-state index contributed by atoms with van der Waals surface area (Å²) in [4.78, 5) is 0. The first-order valence-corrected chi connectivity index (χ1v) is 2.88. The Morgan fingerprint density at radius 1 is 1.71 bits per heavy atom. The van der Waals surface area contributed by atoms with Gasteiger partial charge in [0.05, 0.1) is 0 Å². The average Bonchev–Trinajstić information content (AvgIpc) is 1.69. The summed E-state index contributed by atoms with van der Waals surface area (Å²) in [6, 6.07) is 0. The van der Waals surface area contributed by atoms with Crippen LogP contribution < -0.4 is 4.72 Å². The van der Waals surface area contributed by atoms with Crippen molar-refractivity contribution < 1.29 is 0 Å². The molecule has 0 atom stereocenters. The largest absolute Gasteiger partial charge is 0.330 e. The maximum atomic E-state index is 3.68. The highest BCUT2D eigenvalue weighted by Gasteiger charge is 1.86. The molecule has 1 aliphatic heterocycles. The van der Waals surface area contributed by atoms with Gasteiger partial charge in [-0.25, -0.2) is 0 Å². The summed E-state index contributed by atoms with van der Waals surface area (Å²) in [7, 11) is 0. The van der Waals surface area contributed by atoms with Crippen LogP contribution in [0.25, 0.3) is 0 Å². The summed E-state index contributed by atoms with van der Waals surface area (Å²) >= 11 is 1.54. The van der Waals surface area contributed by atoms with Gasteiger partial charge in [-0.05, 0) is 30.4 Å². The zero-order chi connectivity index (χ0) is 5.11. The molecule has 1 rings (SSSR count). The van der Waals surface area contributed by atoms with Gasteiger partial charge in [0.2, 0.25) is 0 Å². The SMILES string of the molecule is [CH2]C1=CC=CSN1. The van der Waals surface area contributed by atoms with E-state index in [-0.39, 0.29) is 0 Å². The van der Waals surface area contributed by atoms with Gasteiger partial charge in [-0.2, -0.15) is 0 Å². The molecule has 0 aromatic rings. The lowest BCUT2D eigenvalue weighted by Gasteiger charge is -2.02. The van der Waals surface area contributed by atoms with Crippen molar-refractivity contribution in [3.05, 3.63) is 30.2 Å². The van der Waals surface area contributed by atoms with Crippen molar-refractivity contribution in [2.45, 2.75) is 0 Å². The summed E-state index contributed by atoms with van der Waals surface area (Å²) < 4.78 is 2.96. The second-order valence-electron chi connectivity index (χ2n) is 1.24. The third-order valence-electron chi connectivity index (χ3n) is 0.634. The van der Waals surface area contributed by atoms with Gasteiger partial charge in [-0.1, -0.05) is 6.08 Å². The van der Waals surface area contributed by atoms with Gasteiger partial charge in [-0.3, -0.25) is 0 Å². The molecule has 0 spiro atoms. The molecule has 1 heterocycles. The van der Waals surface area contributed by atoms with Crippen LogP contribution in [0.1, 0.15) is 0 Å². The predicted octanol–water partition coefficient (Wildman–Crippen LogP) is 1.47. The lowest BCUT2D eigenvalue weighted by molar-refractivity contribution is 1.29. The van der Waals surface area contributed by atoms with Crippen LogP contribution in [0.5, 0.6) is 0 Å². The van der Waals surface area contributed by atoms with Crippen molar-refractivity contribution in [2.75, 3.05) is 0 Å². The first kappa shape index (κ1) is 4.78. The molecule has 0 bridgehead atoms. The fourth-order valence-corrected chi connectivity index (χ4v) is 0.783. The van der Waals surface area contributed by atoms with Crippen LogP contribution in [-0.4, -0.2) is 0 Å². The van der Waals surface area contributed by atoms with Crippen molar-refractivity contribution in [1.82, 2.24) is 4.72 Å². The third kappa shape index (κ3) is 1.27. The average molecular weight is 112 g/mol. The van der Waals surface area contributed by atoms with Crippen LogP contribution in [0.3, 0.4) is 0 Å². The molecule has 7 heavy (non-hydrogen) atoms. The number of hydrogen-bond donors (Lipinski definition) is 1. The molecule has 1 radical (unpaired) electrons. The van der Waals surface area contributed by atoms with Crippen molar-refractivity contribution in [3.8, 4) is 0 Å². The number of hydrogen-bond acceptors (Lipinski definition) is 2. The standard InChI is InChI=1S/C5H6NS/c1-5-3-2-4-7-6-5/h2-4,6H,1H2. The Hall–Kier alpha value is -0.370. The van der Waals surface area contributed by atoms with Crippen LogP contribution >= 0.6 is 11.9 Å². The van der Waals surface area contributed by atoms with E-state index in [1.54, 1.807) is 11.9 Å². The van der Waals surface area contributed by atoms with E-state index in [1.807, 2.05) is 17.6 Å². The summed E-state index contributed by atoms with van der Waals surface area (Å²) in [5, 5.41) is 1.97. The van der Waals surface area contributed by atoms with Gasteiger partial charge in [-0.15, -0.1) is 0 Å². The molecule has 0 saturated heterocycles. The molecule has 1 aliphatic rings. The van der Waals surface area contributed by atoms with Crippen LogP contribution in [0.15, 0.2) is 23.3 Å². The topological polar surface area (TPSA) is 12.0 Å². The summed E-state index contributed by atoms with van der Waals surface area (Å²) in [6.07, 6.45) is 3.89. The Kier molecular flexibility index (Phi) is 1.42. The van der Waals surface area contributed by atoms with Crippen LogP contribution in [0, 0.1) is 6.92 Å². The molecular weight excluding hydrogens is 106 g/mol. The molecule has 0 fully saturated rings. The maximum Gasteiger partial charge on any atom is 0.0218 e. The molecule has 1 nitrogen and oxygen atoms in total. The highest BCUT2D eigenvalue weighted by molar-refractivity contribution is 8.00. The fourth-order valence-electron chi connectivity index (χ4n) is 0.338. The van der Waals surface area contributed by atoms with Crippen molar-refractivity contribution in [2.24, 2.45) is 0 Å². The molecular formula is C5H6NS. The molecule has 1 N–H and O–H groups in total. The van der Waals surface area contributed by atoms with Gasteiger partial charge in [0, 0.05) is 5.70 Å². The molecule has 0 aliphatic carbocycles. The van der Waals surface area contributed by atoms with Gasteiger partial charge >= 0.3 is 0 Å². The Morgan fingerprint density at radius 3 is 2.86 bits per heavy atom. The molecule has 37 valence electrons. The van der Waals surface area contributed by atoms with E-state index in [4.69, 9.17) is 0 Å². The summed E-state index contributed by atoms with van der Waals surface area (Å²) in [5.41, 5.74) is 0.965. The van der Waals surface area contributed by atoms with Gasteiger partial charge < -0.3 is 4.72 Å². The van der Waals surface area contributed by atoms with E-state index in [9.17, 15) is 0 Å². The second kappa shape index (κ2) is 2.07. The monoisotopic (exact) mass is 112 g/mol. The van der Waals surface area contributed by atoms with E-state index >= 15 is 0 Å². The summed E-state index contributed by atoms with van der Waals surface area (Å²) in [6.45, 7) is 3.68. The van der Waals surface area contributed by atoms with Crippen molar-refractivity contribution >= 4 is 11.9 Å². The maximum absolute atomic E-state index is 3.68. The Balaban J connectivity index is 2.57. The lowest BCUT2D eigenvalue weighted by atomic mass is 10.4. The van der Waals surface area contributed by atoms with Gasteiger partial charge in [0.15, 0.2) is 0 Å². The second-order valence-corrected chi connectivity index (χ2v) is 1.95. The minimum absolute atomic E-state index is 0.965. The molecule has 0 saturated carbocycles. The van der Waals surface area contributed by atoms with Gasteiger partial charge in [0.25, 0.3) is 0 Å².